The minimum atomic E-state index is -5.05. The lowest BCUT2D eigenvalue weighted by molar-refractivity contribution is -0.274. The Labute approximate surface area is 186 Å². The lowest BCUT2D eigenvalue weighted by Crippen LogP contribution is -2.42. The number of carbonyl (C=O) groups excluding carboxylic acids is 1. The van der Waals surface area contributed by atoms with Gasteiger partial charge in [-0.2, -0.15) is 13.2 Å². The predicted octanol–water partition coefficient (Wildman–Crippen LogP) is 3.38. The Morgan fingerprint density at radius 2 is 1.71 bits per heavy atom. The summed E-state index contributed by atoms with van der Waals surface area (Å²) in [5.41, 5.74) is -1.31. The molecule has 3 aliphatic rings. The van der Waals surface area contributed by atoms with Crippen LogP contribution in [0.4, 0.5) is 26.3 Å². The molecule has 0 saturated carbocycles. The molecule has 1 aromatic carbocycles. The average molecular weight is 499 g/mol. The van der Waals surface area contributed by atoms with Crippen LogP contribution < -0.4 is 9.47 Å². The summed E-state index contributed by atoms with van der Waals surface area (Å²) in [7, 11) is 0. The molecule has 2 unspecified atom stereocenters. The van der Waals surface area contributed by atoms with Crippen LogP contribution in [-0.4, -0.2) is 62.2 Å². The number of hydrogen-bond donors (Lipinski definition) is 0. The summed E-state index contributed by atoms with van der Waals surface area (Å²) in [5, 5.41) is 2.28. The van der Waals surface area contributed by atoms with Crippen LogP contribution in [0, 0.1) is 11.8 Å². The van der Waals surface area contributed by atoms with Gasteiger partial charge in [0.2, 0.25) is 6.10 Å². The molecule has 15 heteroatoms. The Morgan fingerprint density at radius 3 is 2.32 bits per heavy atom. The number of fused-ring (bicyclic) bond motifs is 2. The Kier molecular flexibility index (Phi) is 6.10. The quantitative estimate of drug-likeness (QED) is 0.263. The fraction of sp³-hybridized carbons (Fsp3) is 0.526. The van der Waals surface area contributed by atoms with Crippen LogP contribution in [0.15, 0.2) is 23.0 Å². The van der Waals surface area contributed by atoms with Gasteiger partial charge < -0.3 is 28.5 Å². The molecule has 5 atom stereocenters. The Morgan fingerprint density at radius 1 is 1.06 bits per heavy atom. The summed E-state index contributed by atoms with van der Waals surface area (Å²) in [4.78, 5) is 27.6. The summed E-state index contributed by atoms with van der Waals surface area (Å²) >= 11 is 0. The Balaban J connectivity index is 1.61. The number of carbonyl (C=O) groups is 1. The SMILES string of the molecule is Cc1cc(OC(F)(F)F)cc2c1O[C@H](C(F)(F)F)C(C(=O)OC1CO[C@H]3C1OC[C@H]3ON=O)=C2. The molecule has 0 bridgehead atoms. The lowest BCUT2D eigenvalue weighted by Gasteiger charge is -2.30. The van der Waals surface area contributed by atoms with Crippen molar-refractivity contribution in [2.75, 3.05) is 13.2 Å². The van der Waals surface area contributed by atoms with Crippen molar-refractivity contribution >= 4 is 12.0 Å². The maximum absolute atomic E-state index is 13.7. The first-order valence-electron chi connectivity index (χ1n) is 9.65. The van der Waals surface area contributed by atoms with E-state index in [0.717, 1.165) is 18.2 Å². The van der Waals surface area contributed by atoms with Crippen LogP contribution in [0.25, 0.3) is 6.08 Å². The molecule has 4 rings (SSSR count). The number of nitrogens with zero attached hydrogens (tertiary/aromatic N) is 1. The number of esters is 1. The average Bonchev–Trinajstić information content (AvgIpc) is 3.29. The fourth-order valence-electron chi connectivity index (χ4n) is 3.94. The molecule has 0 radical (unpaired) electrons. The summed E-state index contributed by atoms with van der Waals surface area (Å²) in [6.45, 7) is 0.845. The normalized spacial score (nSPS) is 28.3. The molecule has 34 heavy (non-hydrogen) atoms. The van der Waals surface area contributed by atoms with Gasteiger partial charge in [0.1, 0.15) is 23.7 Å². The molecule has 3 heterocycles. The number of benzene rings is 1. The van der Waals surface area contributed by atoms with Crippen molar-refractivity contribution in [3.05, 3.63) is 33.7 Å². The van der Waals surface area contributed by atoms with Crippen molar-refractivity contribution in [2.45, 2.75) is 50.0 Å². The van der Waals surface area contributed by atoms with Crippen molar-refractivity contribution in [1.29, 1.82) is 0 Å². The standard InChI is InChI=1S/C19H15F6NO8/c1-7-2-9(33-19(23,24)25)3-8-4-10(16(18(20,21)22)32-13(7)8)17(27)31-11-5-29-15-12(34-26-28)6-30-14(11)15/h2-4,11-12,14-16H,5-6H2,1H3/t11?,12-,14?,15-,16+/m1/s1. The van der Waals surface area contributed by atoms with Gasteiger partial charge in [0.15, 0.2) is 17.5 Å². The maximum atomic E-state index is 13.7. The zero-order valence-electron chi connectivity index (χ0n) is 17.0. The van der Waals surface area contributed by atoms with E-state index in [9.17, 15) is 36.0 Å². The van der Waals surface area contributed by atoms with E-state index in [2.05, 4.69) is 14.9 Å². The topological polar surface area (TPSA) is 102 Å². The van der Waals surface area contributed by atoms with Crippen molar-refractivity contribution in [3.8, 4) is 11.5 Å². The monoisotopic (exact) mass is 499 g/mol. The van der Waals surface area contributed by atoms with Gasteiger partial charge in [-0.1, -0.05) is 0 Å². The molecule has 0 aromatic heterocycles. The van der Waals surface area contributed by atoms with Gasteiger partial charge in [-0.25, -0.2) is 4.79 Å². The smallest absolute Gasteiger partial charge is 0.475 e. The van der Waals surface area contributed by atoms with Crippen LogP contribution in [0.3, 0.4) is 0 Å². The molecule has 2 saturated heterocycles. The summed E-state index contributed by atoms with van der Waals surface area (Å²) < 4.78 is 104. The van der Waals surface area contributed by atoms with Crippen LogP contribution in [-0.2, 0) is 23.8 Å². The van der Waals surface area contributed by atoms with Crippen molar-refractivity contribution in [1.82, 2.24) is 0 Å². The number of hydrogen-bond acceptors (Lipinski definition) is 9. The second kappa shape index (κ2) is 8.61. The number of aryl methyl sites for hydroxylation is 1. The Bertz CT molecular complexity index is 1010. The first kappa shape index (κ1) is 24.1. The van der Waals surface area contributed by atoms with Crippen molar-refractivity contribution < 1.29 is 59.7 Å². The molecular weight excluding hydrogens is 484 g/mol. The molecule has 9 nitrogen and oxygen atoms in total. The van der Waals surface area contributed by atoms with E-state index in [4.69, 9.17) is 18.9 Å². The number of halogens is 6. The third-order valence-corrected chi connectivity index (χ3v) is 5.27. The van der Waals surface area contributed by atoms with E-state index in [-0.39, 0.29) is 30.1 Å². The highest BCUT2D eigenvalue weighted by Crippen LogP contribution is 2.42. The predicted molar refractivity (Wildman–Crippen MR) is 96.3 cm³/mol. The van der Waals surface area contributed by atoms with Crippen LogP contribution in [0.1, 0.15) is 11.1 Å². The van der Waals surface area contributed by atoms with Gasteiger partial charge in [-0.3, -0.25) is 0 Å². The second-order valence-electron chi connectivity index (χ2n) is 7.60. The third-order valence-electron chi connectivity index (χ3n) is 5.27. The van der Waals surface area contributed by atoms with Crippen molar-refractivity contribution in [2.24, 2.45) is 5.34 Å². The molecule has 0 amide bonds. The largest absolute Gasteiger partial charge is 0.573 e. The molecule has 1 aromatic rings. The van der Waals surface area contributed by atoms with Crippen LogP contribution in [0.2, 0.25) is 0 Å². The molecule has 0 aliphatic carbocycles. The number of alkyl halides is 6. The fourth-order valence-corrected chi connectivity index (χ4v) is 3.94. The second-order valence-corrected chi connectivity index (χ2v) is 7.60. The van der Waals surface area contributed by atoms with E-state index in [1.165, 1.54) is 6.92 Å². The zero-order chi connectivity index (χ0) is 24.8. The highest BCUT2D eigenvalue weighted by molar-refractivity contribution is 5.96. The highest BCUT2D eigenvalue weighted by atomic mass is 19.4. The van der Waals surface area contributed by atoms with Gasteiger partial charge >= 0.3 is 18.5 Å². The minimum absolute atomic E-state index is 0.0733. The van der Waals surface area contributed by atoms with Gasteiger partial charge in [0.05, 0.1) is 18.8 Å². The molecule has 0 spiro atoms. The molecule has 186 valence electrons. The number of rotatable bonds is 5. The lowest BCUT2D eigenvalue weighted by atomic mass is 9.98. The summed E-state index contributed by atoms with van der Waals surface area (Å²) in [5.74, 6) is -2.51. The molecular formula is C19H15F6NO8. The van der Waals surface area contributed by atoms with Gasteiger partial charge in [0.25, 0.3) is 0 Å². The van der Waals surface area contributed by atoms with Gasteiger partial charge in [0, 0.05) is 5.56 Å². The zero-order valence-corrected chi connectivity index (χ0v) is 17.0. The van der Waals surface area contributed by atoms with E-state index in [1.54, 1.807) is 0 Å². The van der Waals surface area contributed by atoms with Gasteiger partial charge in [-0.15, -0.1) is 18.1 Å². The van der Waals surface area contributed by atoms with E-state index < -0.39 is 60.4 Å². The first-order chi connectivity index (χ1) is 15.9. The highest BCUT2D eigenvalue weighted by Gasteiger charge is 2.53. The van der Waals surface area contributed by atoms with Crippen LogP contribution >= 0.6 is 0 Å². The maximum Gasteiger partial charge on any atom is 0.573 e. The third kappa shape index (κ3) is 4.75. The minimum Gasteiger partial charge on any atom is -0.475 e. The molecule has 0 N–H and O–H groups in total. The summed E-state index contributed by atoms with van der Waals surface area (Å²) in [6, 6.07) is 1.65. The van der Waals surface area contributed by atoms with E-state index in [1.807, 2.05) is 0 Å². The van der Waals surface area contributed by atoms with E-state index >= 15 is 0 Å². The summed E-state index contributed by atoms with van der Waals surface area (Å²) in [6.07, 6.45) is -15.9. The van der Waals surface area contributed by atoms with Gasteiger partial charge in [-0.05, 0) is 30.7 Å². The van der Waals surface area contributed by atoms with Crippen molar-refractivity contribution in [3.63, 3.8) is 0 Å². The molecule has 2 fully saturated rings. The molecule has 3 aliphatic heterocycles. The van der Waals surface area contributed by atoms with Crippen LogP contribution in [0.5, 0.6) is 11.5 Å². The van der Waals surface area contributed by atoms with E-state index in [0.29, 0.717) is 0 Å². The Hall–Kier alpha value is -3.07. The number of ether oxygens (including phenoxy) is 5. The first-order valence-corrected chi connectivity index (χ1v) is 9.65.